The molecule has 0 atom stereocenters. The van der Waals surface area contributed by atoms with Crippen LogP contribution in [0.5, 0.6) is 5.75 Å². The second-order valence-corrected chi connectivity index (χ2v) is 7.44. The summed E-state index contributed by atoms with van der Waals surface area (Å²) in [5.41, 5.74) is -2.24. The molecule has 2 rings (SSSR count). The van der Waals surface area contributed by atoms with Crippen LogP contribution >= 0.6 is 11.6 Å². The molecular formula is C18H21ClF3N5O3. The molecule has 1 aromatic carbocycles. The fourth-order valence-corrected chi connectivity index (χ4v) is 2.68. The predicted octanol–water partition coefficient (Wildman–Crippen LogP) is 2.98. The first-order valence-corrected chi connectivity index (χ1v) is 8.96. The maximum absolute atomic E-state index is 12.9. The summed E-state index contributed by atoms with van der Waals surface area (Å²) in [7, 11) is 1.32. The van der Waals surface area contributed by atoms with E-state index in [0.29, 0.717) is 6.20 Å². The molecule has 0 aliphatic carbocycles. The molecule has 0 radical (unpaired) electrons. The van der Waals surface area contributed by atoms with Gasteiger partial charge in [-0.3, -0.25) is 4.79 Å². The highest BCUT2D eigenvalue weighted by atomic mass is 35.5. The Morgan fingerprint density at radius 2 is 2.00 bits per heavy atom. The van der Waals surface area contributed by atoms with Gasteiger partial charge in [0.25, 0.3) is 5.91 Å². The Morgan fingerprint density at radius 1 is 1.37 bits per heavy atom. The van der Waals surface area contributed by atoms with Crippen LogP contribution in [-0.4, -0.2) is 40.2 Å². The minimum absolute atomic E-state index is 0.00728. The Balaban J connectivity index is 2.39. The number of aromatic nitrogens is 2. The van der Waals surface area contributed by atoms with Gasteiger partial charge in [0, 0.05) is 18.8 Å². The third kappa shape index (κ3) is 5.49. The van der Waals surface area contributed by atoms with Gasteiger partial charge < -0.3 is 15.2 Å². The van der Waals surface area contributed by atoms with Crippen molar-refractivity contribution in [3.8, 4) is 5.75 Å². The summed E-state index contributed by atoms with van der Waals surface area (Å²) < 4.78 is 43.9. The first-order valence-electron chi connectivity index (χ1n) is 8.58. The van der Waals surface area contributed by atoms with Crippen molar-refractivity contribution in [2.45, 2.75) is 32.5 Å². The zero-order valence-corrected chi connectivity index (χ0v) is 17.4. The number of nitrogens with one attached hydrogen (secondary N) is 1. The van der Waals surface area contributed by atoms with E-state index in [1.807, 2.05) is 0 Å². The molecule has 0 saturated carbocycles. The molecule has 164 valence electrons. The van der Waals surface area contributed by atoms with Crippen LogP contribution in [0.3, 0.4) is 0 Å². The maximum Gasteiger partial charge on any atom is 0.419 e. The number of hydrogen-bond donors (Lipinski definition) is 3. The van der Waals surface area contributed by atoms with E-state index in [-0.39, 0.29) is 40.2 Å². The van der Waals surface area contributed by atoms with Gasteiger partial charge in [-0.05, 0) is 26.8 Å². The molecule has 0 aliphatic heterocycles. The van der Waals surface area contributed by atoms with E-state index in [1.54, 1.807) is 0 Å². The molecule has 1 amide bonds. The number of ether oxygens (including phenoxy) is 1. The summed E-state index contributed by atoms with van der Waals surface area (Å²) in [4.78, 5) is 19.9. The molecule has 0 fully saturated rings. The van der Waals surface area contributed by atoms with Crippen LogP contribution in [0.2, 0.25) is 5.02 Å². The quantitative estimate of drug-likeness (QED) is 0.460. The molecule has 1 heterocycles. The number of hydrogen-bond acceptors (Lipinski definition) is 7. The van der Waals surface area contributed by atoms with E-state index in [4.69, 9.17) is 22.2 Å². The zero-order chi connectivity index (χ0) is 22.9. The average Bonchev–Trinajstić information content (AvgIpc) is 2.63. The number of aryl methyl sites for hydroxylation is 1. The third-order valence-corrected chi connectivity index (χ3v) is 4.24. The number of nitrogens with two attached hydrogens (primary N) is 1. The highest BCUT2D eigenvalue weighted by Crippen LogP contribution is 2.36. The van der Waals surface area contributed by atoms with E-state index < -0.39 is 23.2 Å². The van der Waals surface area contributed by atoms with Gasteiger partial charge >= 0.3 is 6.18 Å². The molecule has 0 unspecified atom stereocenters. The molecule has 30 heavy (non-hydrogen) atoms. The van der Waals surface area contributed by atoms with Gasteiger partial charge in [0.15, 0.2) is 0 Å². The predicted molar refractivity (Wildman–Crippen MR) is 105 cm³/mol. The minimum atomic E-state index is -4.60. The summed E-state index contributed by atoms with van der Waals surface area (Å²) in [5.74, 6) is 5.28. The van der Waals surface area contributed by atoms with Crippen molar-refractivity contribution in [2.24, 2.45) is 5.84 Å². The van der Waals surface area contributed by atoms with Crippen LogP contribution in [0, 0.1) is 6.92 Å². The topological polar surface area (TPSA) is 114 Å². The van der Waals surface area contributed by atoms with Gasteiger partial charge in [-0.1, -0.05) is 11.6 Å². The van der Waals surface area contributed by atoms with E-state index in [0.717, 1.165) is 5.01 Å². The Hall–Kier alpha value is -2.63. The molecule has 0 aliphatic rings. The van der Waals surface area contributed by atoms with Crippen molar-refractivity contribution >= 4 is 29.1 Å². The first-order chi connectivity index (χ1) is 13.7. The van der Waals surface area contributed by atoms with Crippen LogP contribution in [0.25, 0.3) is 0 Å². The number of alkyl halides is 3. The Labute approximate surface area is 175 Å². The van der Waals surface area contributed by atoms with Crippen molar-refractivity contribution in [3.05, 3.63) is 40.2 Å². The lowest BCUT2D eigenvalue weighted by molar-refractivity contribution is -0.138. The molecule has 2 aromatic rings. The van der Waals surface area contributed by atoms with Gasteiger partial charge in [-0.15, -0.1) is 0 Å². The number of anilines is 2. The average molecular weight is 448 g/mol. The second-order valence-electron chi connectivity index (χ2n) is 7.04. The Bertz CT molecular complexity index is 948. The largest absolute Gasteiger partial charge is 0.496 e. The highest BCUT2D eigenvalue weighted by molar-refractivity contribution is 6.34. The number of carbonyl (C=O) groups excluding carboxylic acids is 1. The van der Waals surface area contributed by atoms with Gasteiger partial charge in [0.2, 0.25) is 5.95 Å². The van der Waals surface area contributed by atoms with E-state index in [2.05, 4.69) is 15.3 Å². The highest BCUT2D eigenvalue weighted by Gasteiger charge is 2.34. The van der Waals surface area contributed by atoms with E-state index >= 15 is 0 Å². The monoisotopic (exact) mass is 447 g/mol. The Morgan fingerprint density at radius 3 is 2.50 bits per heavy atom. The molecule has 4 N–H and O–H groups in total. The number of nitrogens with zero attached hydrogens (tertiary/aromatic N) is 3. The van der Waals surface area contributed by atoms with E-state index in [1.165, 1.54) is 40.0 Å². The fraction of sp³-hybridized carbons (Fsp3) is 0.389. The SMILES string of the molecule is COc1cc(N(N)c2ncc(C(F)(F)F)c(C)n2)c(Cl)cc1C(=O)NCC(C)(C)O. The van der Waals surface area contributed by atoms with Gasteiger partial charge in [-0.2, -0.15) is 13.2 Å². The molecule has 0 saturated heterocycles. The van der Waals surface area contributed by atoms with E-state index in [9.17, 15) is 23.1 Å². The number of hydrazine groups is 1. The standard InChI is InChI=1S/C18H21ClF3N5O3/c1-9-11(18(20,21)22)7-24-16(26-9)27(23)13-6-14(30-4)10(5-12(13)19)15(28)25-8-17(2,3)29/h5-7,29H,8,23H2,1-4H3,(H,25,28). The number of methoxy groups -OCH3 is 1. The molecule has 0 spiro atoms. The van der Waals surface area contributed by atoms with Crippen molar-refractivity contribution in [1.29, 1.82) is 0 Å². The molecule has 0 bridgehead atoms. The summed E-state index contributed by atoms with van der Waals surface area (Å²) >= 11 is 6.24. The molecule has 8 nitrogen and oxygen atoms in total. The number of rotatable bonds is 6. The Kier molecular flexibility index (Phi) is 6.80. The molecular weight excluding hydrogens is 427 g/mol. The lowest BCUT2D eigenvalue weighted by atomic mass is 10.1. The number of carbonyl (C=O) groups is 1. The summed E-state index contributed by atoms with van der Waals surface area (Å²) in [5, 5.41) is 13.2. The van der Waals surface area contributed by atoms with Crippen molar-refractivity contribution in [3.63, 3.8) is 0 Å². The molecule has 12 heteroatoms. The molecule has 1 aromatic heterocycles. The van der Waals surface area contributed by atoms with Crippen LogP contribution in [0.15, 0.2) is 18.3 Å². The lowest BCUT2D eigenvalue weighted by Crippen LogP contribution is -2.38. The van der Waals surface area contributed by atoms with Crippen molar-refractivity contribution in [1.82, 2.24) is 15.3 Å². The minimum Gasteiger partial charge on any atom is -0.496 e. The van der Waals surface area contributed by atoms with Crippen LogP contribution in [0.1, 0.15) is 35.5 Å². The van der Waals surface area contributed by atoms with Crippen molar-refractivity contribution < 1.29 is 27.8 Å². The number of benzene rings is 1. The summed E-state index contributed by atoms with van der Waals surface area (Å²) in [6, 6.07) is 2.62. The lowest BCUT2D eigenvalue weighted by Gasteiger charge is -2.22. The summed E-state index contributed by atoms with van der Waals surface area (Å²) in [6.45, 7) is 4.22. The van der Waals surface area contributed by atoms with Crippen LogP contribution < -0.4 is 20.9 Å². The summed E-state index contributed by atoms with van der Waals surface area (Å²) in [6.07, 6.45) is -3.97. The zero-order valence-electron chi connectivity index (χ0n) is 16.6. The second kappa shape index (κ2) is 8.62. The maximum atomic E-state index is 12.9. The van der Waals surface area contributed by atoms with Crippen LogP contribution in [-0.2, 0) is 6.18 Å². The number of halogens is 4. The number of amides is 1. The van der Waals surface area contributed by atoms with Gasteiger partial charge in [0.1, 0.15) is 5.75 Å². The first kappa shape index (κ1) is 23.6. The van der Waals surface area contributed by atoms with Crippen LogP contribution in [0.4, 0.5) is 24.8 Å². The van der Waals surface area contributed by atoms with Gasteiger partial charge in [-0.25, -0.2) is 20.8 Å². The normalized spacial score (nSPS) is 11.9. The third-order valence-electron chi connectivity index (χ3n) is 3.94. The van der Waals surface area contributed by atoms with Gasteiger partial charge in [0.05, 0.1) is 40.2 Å². The fourth-order valence-electron chi connectivity index (χ4n) is 2.42. The number of aliphatic hydroxyl groups is 1. The van der Waals surface area contributed by atoms with Crippen molar-refractivity contribution in [2.75, 3.05) is 18.7 Å². The smallest absolute Gasteiger partial charge is 0.419 e.